The number of carbonyl (C=O) groups is 2. The maximum Gasteiger partial charge on any atom is 0.242 e. The number of likely N-dealkylation sites (N-methyl/N-ethyl adjacent to an activating group) is 1. The first kappa shape index (κ1) is 18.9. The largest absolute Gasteiger partial charge is 0.357 e. The first-order valence-electron chi connectivity index (χ1n) is 7.91. The zero-order valence-corrected chi connectivity index (χ0v) is 14.9. The van der Waals surface area contributed by atoms with Crippen LogP contribution in [0.1, 0.15) is 18.1 Å². The molecule has 0 aliphatic heterocycles. The van der Waals surface area contributed by atoms with Crippen molar-refractivity contribution in [2.75, 3.05) is 7.05 Å². The van der Waals surface area contributed by atoms with Gasteiger partial charge in [-0.2, -0.15) is 0 Å². The summed E-state index contributed by atoms with van der Waals surface area (Å²) in [6, 6.07) is 12.3. The molecule has 0 heterocycles. The average Bonchev–Trinajstić information content (AvgIpc) is 2.61. The van der Waals surface area contributed by atoms with Crippen LogP contribution in [0.3, 0.4) is 0 Å². The molecule has 6 heteroatoms. The Hall–Kier alpha value is -2.40. The van der Waals surface area contributed by atoms with Gasteiger partial charge in [0.05, 0.1) is 6.42 Å². The van der Waals surface area contributed by atoms with Gasteiger partial charge in [-0.1, -0.05) is 41.9 Å². The Bertz CT molecular complexity index is 749. The molecular weight excluding hydrogens is 343 g/mol. The highest BCUT2D eigenvalue weighted by Gasteiger charge is 2.25. The van der Waals surface area contributed by atoms with Crippen LogP contribution in [0.4, 0.5) is 4.39 Å². The minimum Gasteiger partial charge on any atom is -0.357 e. The summed E-state index contributed by atoms with van der Waals surface area (Å²) in [7, 11) is 1.52. The van der Waals surface area contributed by atoms with E-state index in [0.717, 1.165) is 5.56 Å². The van der Waals surface area contributed by atoms with E-state index < -0.39 is 6.04 Å². The summed E-state index contributed by atoms with van der Waals surface area (Å²) in [5.41, 5.74) is 1.44. The Morgan fingerprint density at radius 2 is 1.80 bits per heavy atom. The van der Waals surface area contributed by atoms with E-state index in [1.165, 1.54) is 24.1 Å². The second kappa shape index (κ2) is 8.62. The Morgan fingerprint density at radius 1 is 1.16 bits per heavy atom. The Morgan fingerprint density at radius 3 is 2.40 bits per heavy atom. The summed E-state index contributed by atoms with van der Waals surface area (Å²) in [6.45, 7) is 1.87. The number of nitrogens with one attached hydrogen (secondary N) is 1. The van der Waals surface area contributed by atoms with Gasteiger partial charge in [0, 0.05) is 18.6 Å². The van der Waals surface area contributed by atoms with E-state index in [1.54, 1.807) is 43.3 Å². The standard InChI is InChI=1S/C19H20ClFN2O2/c1-13(19(25)22-2)23(12-14-7-9-16(21)10-8-14)18(24)11-15-5-3-4-6-17(15)20/h3-10,13H,11-12H2,1-2H3,(H,22,25)/t13-/m1/s1. The van der Waals surface area contributed by atoms with E-state index in [1.807, 2.05) is 0 Å². The molecule has 25 heavy (non-hydrogen) atoms. The highest BCUT2D eigenvalue weighted by Crippen LogP contribution is 2.18. The average molecular weight is 363 g/mol. The second-order valence-corrected chi connectivity index (χ2v) is 6.11. The molecule has 132 valence electrons. The van der Waals surface area contributed by atoms with Gasteiger partial charge in [-0.05, 0) is 36.2 Å². The number of rotatable bonds is 6. The molecule has 0 saturated carbocycles. The van der Waals surface area contributed by atoms with Crippen molar-refractivity contribution in [3.05, 3.63) is 70.5 Å². The van der Waals surface area contributed by atoms with E-state index in [0.29, 0.717) is 10.6 Å². The number of hydrogen-bond donors (Lipinski definition) is 1. The van der Waals surface area contributed by atoms with Gasteiger partial charge in [0.15, 0.2) is 0 Å². The fourth-order valence-electron chi connectivity index (χ4n) is 2.48. The smallest absolute Gasteiger partial charge is 0.242 e. The number of halogens is 2. The van der Waals surface area contributed by atoms with Crippen molar-refractivity contribution in [2.24, 2.45) is 0 Å². The molecule has 0 aliphatic carbocycles. The van der Waals surface area contributed by atoms with Gasteiger partial charge >= 0.3 is 0 Å². The molecular formula is C19H20ClFN2O2. The minimum atomic E-state index is -0.662. The Balaban J connectivity index is 2.23. The first-order chi connectivity index (χ1) is 11.9. The van der Waals surface area contributed by atoms with Crippen LogP contribution in [0.2, 0.25) is 5.02 Å². The fourth-order valence-corrected chi connectivity index (χ4v) is 2.69. The summed E-state index contributed by atoms with van der Waals surface area (Å²) in [5, 5.41) is 3.06. The molecule has 0 aliphatic rings. The van der Waals surface area contributed by atoms with Crippen LogP contribution in [0.15, 0.2) is 48.5 Å². The van der Waals surface area contributed by atoms with E-state index in [9.17, 15) is 14.0 Å². The van der Waals surface area contributed by atoms with Crippen LogP contribution in [-0.2, 0) is 22.6 Å². The van der Waals surface area contributed by atoms with Crippen LogP contribution >= 0.6 is 11.6 Å². The molecule has 2 rings (SSSR count). The lowest BCUT2D eigenvalue weighted by atomic mass is 10.1. The molecule has 0 aromatic heterocycles. The molecule has 0 unspecified atom stereocenters. The monoisotopic (exact) mass is 362 g/mol. The number of nitrogens with zero attached hydrogens (tertiary/aromatic N) is 1. The molecule has 1 N–H and O–H groups in total. The van der Waals surface area contributed by atoms with E-state index in [4.69, 9.17) is 11.6 Å². The molecule has 2 amide bonds. The molecule has 1 atom stereocenters. The number of hydrogen-bond acceptors (Lipinski definition) is 2. The number of carbonyl (C=O) groups excluding carboxylic acids is 2. The van der Waals surface area contributed by atoms with Gasteiger partial charge in [-0.3, -0.25) is 9.59 Å². The second-order valence-electron chi connectivity index (χ2n) is 5.71. The summed E-state index contributed by atoms with van der Waals surface area (Å²) < 4.78 is 13.1. The number of benzene rings is 2. The van der Waals surface area contributed by atoms with E-state index in [2.05, 4.69) is 5.32 Å². The van der Waals surface area contributed by atoms with Crippen LogP contribution in [0.25, 0.3) is 0 Å². The molecule has 0 spiro atoms. The van der Waals surface area contributed by atoms with Gasteiger partial charge in [0.1, 0.15) is 11.9 Å². The third-order valence-electron chi connectivity index (χ3n) is 3.98. The van der Waals surface area contributed by atoms with Crippen molar-refractivity contribution in [2.45, 2.75) is 25.9 Å². The van der Waals surface area contributed by atoms with Crippen molar-refractivity contribution in [1.29, 1.82) is 0 Å². The van der Waals surface area contributed by atoms with Gasteiger partial charge < -0.3 is 10.2 Å². The van der Waals surface area contributed by atoms with Crippen LogP contribution < -0.4 is 5.32 Å². The van der Waals surface area contributed by atoms with Crippen molar-refractivity contribution < 1.29 is 14.0 Å². The Labute approximate surface area is 151 Å². The molecule has 0 bridgehead atoms. The van der Waals surface area contributed by atoms with Crippen molar-refractivity contribution in [3.8, 4) is 0 Å². The predicted molar refractivity (Wildman–Crippen MR) is 95.6 cm³/mol. The first-order valence-corrected chi connectivity index (χ1v) is 8.29. The van der Waals surface area contributed by atoms with Crippen LogP contribution in [-0.4, -0.2) is 29.8 Å². The topological polar surface area (TPSA) is 49.4 Å². The van der Waals surface area contributed by atoms with E-state index >= 15 is 0 Å². The highest BCUT2D eigenvalue weighted by atomic mass is 35.5. The lowest BCUT2D eigenvalue weighted by Gasteiger charge is -2.28. The van der Waals surface area contributed by atoms with Crippen LogP contribution in [0, 0.1) is 5.82 Å². The van der Waals surface area contributed by atoms with Crippen molar-refractivity contribution >= 4 is 23.4 Å². The van der Waals surface area contributed by atoms with Crippen molar-refractivity contribution in [1.82, 2.24) is 10.2 Å². The van der Waals surface area contributed by atoms with E-state index in [-0.39, 0.29) is 30.6 Å². The van der Waals surface area contributed by atoms with Gasteiger partial charge in [0.25, 0.3) is 0 Å². The quantitative estimate of drug-likeness (QED) is 0.858. The summed E-state index contributed by atoms with van der Waals surface area (Å²) in [5.74, 6) is -0.847. The third kappa shape index (κ3) is 5.03. The minimum absolute atomic E-state index is 0.0855. The number of amides is 2. The SMILES string of the molecule is CNC(=O)[C@@H](C)N(Cc1ccc(F)cc1)C(=O)Cc1ccccc1Cl. The maximum atomic E-state index is 13.1. The lowest BCUT2D eigenvalue weighted by molar-refractivity contribution is -0.139. The zero-order chi connectivity index (χ0) is 18.4. The molecule has 4 nitrogen and oxygen atoms in total. The lowest BCUT2D eigenvalue weighted by Crippen LogP contribution is -2.47. The molecule has 0 fully saturated rings. The zero-order valence-electron chi connectivity index (χ0n) is 14.1. The summed E-state index contributed by atoms with van der Waals surface area (Å²) >= 11 is 6.13. The van der Waals surface area contributed by atoms with Gasteiger partial charge in [-0.15, -0.1) is 0 Å². The molecule has 0 saturated heterocycles. The molecule has 2 aromatic rings. The normalized spacial score (nSPS) is 11.7. The van der Waals surface area contributed by atoms with Gasteiger partial charge in [-0.25, -0.2) is 4.39 Å². The summed E-state index contributed by atoms with van der Waals surface area (Å²) in [6.07, 6.45) is 0.0855. The summed E-state index contributed by atoms with van der Waals surface area (Å²) in [4.78, 5) is 26.3. The molecule has 2 aromatic carbocycles. The van der Waals surface area contributed by atoms with Crippen molar-refractivity contribution in [3.63, 3.8) is 0 Å². The molecule has 0 radical (unpaired) electrons. The van der Waals surface area contributed by atoms with Gasteiger partial charge in [0.2, 0.25) is 11.8 Å². The maximum absolute atomic E-state index is 13.1. The Kier molecular flexibility index (Phi) is 6.53. The van der Waals surface area contributed by atoms with Crippen LogP contribution in [0.5, 0.6) is 0 Å². The highest BCUT2D eigenvalue weighted by molar-refractivity contribution is 6.31. The predicted octanol–water partition coefficient (Wildman–Crippen LogP) is 3.18. The fraction of sp³-hybridized carbons (Fsp3) is 0.263. The third-order valence-corrected chi connectivity index (χ3v) is 4.35.